The zero-order chi connectivity index (χ0) is 11.8. The quantitative estimate of drug-likeness (QED) is 0.753. The molecule has 0 saturated heterocycles. The Kier molecular flexibility index (Phi) is 5.67. The molecule has 16 heavy (non-hydrogen) atoms. The van der Waals surface area contributed by atoms with Gasteiger partial charge in [0.15, 0.2) is 0 Å². The second-order valence-electron chi connectivity index (χ2n) is 4.17. The van der Waals surface area contributed by atoms with E-state index in [9.17, 15) is 9.59 Å². The Morgan fingerprint density at radius 1 is 1.25 bits per heavy atom. The lowest BCUT2D eigenvalue weighted by Gasteiger charge is -2.20. The van der Waals surface area contributed by atoms with E-state index in [-0.39, 0.29) is 13.0 Å². The molecule has 0 radical (unpaired) electrons. The van der Waals surface area contributed by atoms with Crippen molar-refractivity contribution in [3.8, 4) is 0 Å². The third kappa shape index (κ3) is 5.58. The van der Waals surface area contributed by atoms with Crippen molar-refractivity contribution in [2.24, 2.45) is 5.92 Å². The highest BCUT2D eigenvalue weighted by Crippen LogP contribution is 2.23. The highest BCUT2D eigenvalue weighted by molar-refractivity contribution is 5.70. The topological polar surface area (TPSA) is 75.6 Å². The Morgan fingerprint density at radius 2 is 1.94 bits per heavy atom. The minimum Gasteiger partial charge on any atom is -0.481 e. The molecule has 0 bridgehead atoms. The van der Waals surface area contributed by atoms with Crippen molar-refractivity contribution < 1.29 is 19.4 Å². The first-order chi connectivity index (χ1) is 7.68. The third-order valence-corrected chi connectivity index (χ3v) is 2.78. The molecule has 0 heterocycles. The molecule has 5 heteroatoms. The van der Waals surface area contributed by atoms with Crippen molar-refractivity contribution in [2.45, 2.75) is 38.5 Å². The fourth-order valence-electron chi connectivity index (χ4n) is 1.87. The van der Waals surface area contributed by atoms with Crippen LogP contribution in [-0.2, 0) is 9.53 Å². The van der Waals surface area contributed by atoms with Gasteiger partial charge in [0.1, 0.15) is 0 Å². The number of carboxylic acids is 1. The van der Waals surface area contributed by atoms with E-state index < -0.39 is 12.1 Å². The molecule has 1 saturated carbocycles. The highest BCUT2D eigenvalue weighted by Gasteiger charge is 2.15. The number of nitrogens with one attached hydrogen (secondary N) is 1. The van der Waals surface area contributed by atoms with Crippen LogP contribution in [0.1, 0.15) is 38.5 Å². The van der Waals surface area contributed by atoms with Gasteiger partial charge in [0.05, 0.1) is 13.0 Å². The van der Waals surface area contributed by atoms with Gasteiger partial charge in [-0.15, -0.1) is 0 Å². The van der Waals surface area contributed by atoms with Crippen LogP contribution in [0.2, 0.25) is 0 Å². The maximum Gasteiger partial charge on any atom is 0.407 e. The molecule has 0 aliphatic heterocycles. The average Bonchev–Trinajstić information content (AvgIpc) is 2.27. The molecule has 1 aliphatic carbocycles. The van der Waals surface area contributed by atoms with Crippen LogP contribution in [-0.4, -0.2) is 30.3 Å². The van der Waals surface area contributed by atoms with Crippen molar-refractivity contribution >= 4 is 12.1 Å². The minimum absolute atomic E-state index is 0.0709. The van der Waals surface area contributed by atoms with E-state index in [1.54, 1.807) is 0 Å². The van der Waals surface area contributed by atoms with E-state index in [1.165, 1.54) is 19.3 Å². The Hall–Kier alpha value is -1.26. The summed E-state index contributed by atoms with van der Waals surface area (Å²) < 4.78 is 5.02. The summed E-state index contributed by atoms with van der Waals surface area (Å²) in [6.07, 6.45) is 5.39. The molecule has 0 unspecified atom stereocenters. The molecule has 0 atom stereocenters. The summed E-state index contributed by atoms with van der Waals surface area (Å²) >= 11 is 0. The van der Waals surface area contributed by atoms with Crippen LogP contribution < -0.4 is 5.32 Å². The molecule has 0 spiro atoms. The molecule has 2 N–H and O–H groups in total. The number of alkyl carbamates (subject to hydrolysis) is 1. The lowest BCUT2D eigenvalue weighted by Crippen LogP contribution is -2.28. The number of amides is 1. The maximum absolute atomic E-state index is 11.1. The molecule has 92 valence electrons. The molecule has 1 rings (SSSR count). The van der Waals surface area contributed by atoms with Gasteiger partial charge in [-0.25, -0.2) is 4.79 Å². The minimum atomic E-state index is -0.924. The van der Waals surface area contributed by atoms with E-state index in [1.807, 2.05) is 0 Å². The average molecular weight is 229 g/mol. The molecule has 1 aliphatic rings. The maximum atomic E-state index is 11.1. The first-order valence-corrected chi connectivity index (χ1v) is 5.81. The fraction of sp³-hybridized carbons (Fsp3) is 0.818. The van der Waals surface area contributed by atoms with Crippen molar-refractivity contribution in [3.05, 3.63) is 0 Å². The molecule has 5 nitrogen and oxygen atoms in total. The molecular weight excluding hydrogens is 210 g/mol. The van der Waals surface area contributed by atoms with Gasteiger partial charge in [-0.2, -0.15) is 0 Å². The lowest BCUT2D eigenvalue weighted by molar-refractivity contribution is -0.136. The van der Waals surface area contributed by atoms with E-state index in [2.05, 4.69) is 5.32 Å². The summed E-state index contributed by atoms with van der Waals surface area (Å²) in [6, 6.07) is 0. The van der Waals surface area contributed by atoms with Gasteiger partial charge in [0, 0.05) is 6.54 Å². The molecular formula is C11H19NO4. The first-order valence-electron chi connectivity index (χ1n) is 5.81. The summed E-state index contributed by atoms with van der Waals surface area (Å²) in [5.74, 6) is -0.438. The van der Waals surface area contributed by atoms with Crippen LogP contribution in [0.25, 0.3) is 0 Å². The molecule has 1 amide bonds. The van der Waals surface area contributed by atoms with Gasteiger partial charge in [-0.3, -0.25) is 4.79 Å². The zero-order valence-corrected chi connectivity index (χ0v) is 9.41. The lowest BCUT2D eigenvalue weighted by atomic mass is 9.90. The summed E-state index contributed by atoms with van der Waals surface area (Å²) in [5, 5.41) is 10.8. The Labute approximate surface area is 95.2 Å². The number of carbonyl (C=O) groups is 2. The third-order valence-electron chi connectivity index (χ3n) is 2.78. The van der Waals surface area contributed by atoms with Crippen LogP contribution >= 0.6 is 0 Å². The van der Waals surface area contributed by atoms with Gasteiger partial charge in [-0.1, -0.05) is 19.3 Å². The van der Waals surface area contributed by atoms with Crippen LogP contribution in [0, 0.1) is 5.92 Å². The van der Waals surface area contributed by atoms with Crippen LogP contribution in [0.3, 0.4) is 0 Å². The number of hydrogen-bond acceptors (Lipinski definition) is 3. The van der Waals surface area contributed by atoms with Gasteiger partial charge in [-0.05, 0) is 18.8 Å². The number of aliphatic carboxylic acids is 1. The van der Waals surface area contributed by atoms with Gasteiger partial charge in [0.25, 0.3) is 0 Å². The Bertz CT molecular complexity index is 236. The number of carbonyl (C=O) groups excluding carboxylic acids is 1. The smallest absolute Gasteiger partial charge is 0.407 e. The SMILES string of the molecule is O=C(O)CCNC(=O)OCC1CCCCC1. The number of hydrogen-bond donors (Lipinski definition) is 2. The number of ether oxygens (including phenoxy) is 1. The molecule has 0 aromatic rings. The van der Waals surface area contributed by atoms with Gasteiger partial charge in [0.2, 0.25) is 0 Å². The zero-order valence-electron chi connectivity index (χ0n) is 9.41. The van der Waals surface area contributed by atoms with Gasteiger partial charge < -0.3 is 15.2 Å². The van der Waals surface area contributed by atoms with Crippen molar-refractivity contribution in [3.63, 3.8) is 0 Å². The fourth-order valence-corrected chi connectivity index (χ4v) is 1.87. The van der Waals surface area contributed by atoms with Crippen LogP contribution in [0.5, 0.6) is 0 Å². The van der Waals surface area contributed by atoms with Crippen LogP contribution in [0.15, 0.2) is 0 Å². The Morgan fingerprint density at radius 3 is 2.56 bits per heavy atom. The van der Waals surface area contributed by atoms with E-state index >= 15 is 0 Å². The summed E-state index contributed by atoms with van der Waals surface area (Å²) in [5.41, 5.74) is 0. The monoisotopic (exact) mass is 229 g/mol. The van der Waals surface area contributed by atoms with E-state index in [4.69, 9.17) is 9.84 Å². The molecule has 0 aromatic heterocycles. The number of carboxylic acid groups (broad SMARTS) is 1. The summed E-state index contributed by atoms with van der Waals surface area (Å²) in [4.78, 5) is 21.3. The summed E-state index contributed by atoms with van der Waals surface area (Å²) in [6.45, 7) is 0.581. The second-order valence-corrected chi connectivity index (χ2v) is 4.17. The second kappa shape index (κ2) is 7.09. The van der Waals surface area contributed by atoms with E-state index in [0.717, 1.165) is 12.8 Å². The van der Waals surface area contributed by atoms with Crippen molar-refractivity contribution in [2.75, 3.05) is 13.2 Å². The normalized spacial score (nSPS) is 16.8. The molecule has 0 aromatic carbocycles. The highest BCUT2D eigenvalue weighted by atomic mass is 16.5. The predicted molar refractivity (Wildman–Crippen MR) is 58.2 cm³/mol. The number of rotatable bonds is 5. The molecule has 1 fully saturated rings. The van der Waals surface area contributed by atoms with Crippen LogP contribution in [0.4, 0.5) is 4.79 Å². The van der Waals surface area contributed by atoms with E-state index in [0.29, 0.717) is 12.5 Å². The predicted octanol–water partition coefficient (Wildman–Crippen LogP) is 1.77. The Balaban J connectivity index is 2.02. The standard InChI is InChI=1S/C11H19NO4/c13-10(14)6-7-12-11(15)16-8-9-4-2-1-3-5-9/h9H,1-8H2,(H,12,15)(H,13,14). The first kappa shape index (κ1) is 12.8. The largest absolute Gasteiger partial charge is 0.481 e. The van der Waals surface area contributed by atoms with Crippen molar-refractivity contribution in [1.29, 1.82) is 0 Å². The van der Waals surface area contributed by atoms with Gasteiger partial charge >= 0.3 is 12.1 Å². The van der Waals surface area contributed by atoms with Crippen molar-refractivity contribution in [1.82, 2.24) is 5.32 Å². The summed E-state index contributed by atoms with van der Waals surface area (Å²) in [7, 11) is 0.